The Morgan fingerprint density at radius 2 is 1.35 bits per heavy atom. The summed E-state index contributed by atoms with van der Waals surface area (Å²) in [5.41, 5.74) is -0.786. The zero-order valence-electron chi connectivity index (χ0n) is 25.0. The SMILES string of the molecule is O=c1c(-c2ccc(OCOP(=O)([O-])[O-])cc2)coc2c([C@@H]3O[C@H](CO)[C@@H](O)[C@H](O)[C@H]3O)c(OCOP(=O)([O-])[O-])ccc12.[Na+].[Na+].[Na+].[Na+]. The standard InChI is InChI=1S/C23H26O17P2.4Na/c24-7-16-19(26)20(27)21(28)23(40-16)17-15(37-10-39-42(32,33)34)6-5-13-18(25)14(8-35-22(13)17)11-1-3-12(4-2-11)36-9-38-41(29,30)31;;;;/h1-6,8,16,19-21,23-24,26-28H,7,9-10H2,(H2,29,30,31)(H2,32,33,34);;;;/q;4*+1/p-4/t16-,19-,20+,21-,23+;;;;/m1..../s1. The predicted molar refractivity (Wildman–Crippen MR) is 129 cm³/mol. The molecule has 17 nitrogen and oxygen atoms in total. The molecule has 0 radical (unpaired) electrons. The third-order valence-electron chi connectivity index (χ3n) is 6.14. The van der Waals surface area contributed by atoms with Crippen molar-refractivity contribution in [1.82, 2.24) is 0 Å². The second-order valence-electron chi connectivity index (χ2n) is 8.78. The number of ether oxygens (including phenoxy) is 3. The van der Waals surface area contributed by atoms with Gasteiger partial charge in [-0.25, -0.2) is 0 Å². The largest absolute Gasteiger partial charge is 1.00 e. The van der Waals surface area contributed by atoms with Crippen molar-refractivity contribution in [2.45, 2.75) is 30.5 Å². The molecule has 1 aliphatic heterocycles. The number of hydrogen-bond donors (Lipinski definition) is 4. The molecule has 1 saturated heterocycles. The van der Waals surface area contributed by atoms with Gasteiger partial charge in [-0.3, -0.25) is 4.79 Å². The summed E-state index contributed by atoms with van der Waals surface area (Å²) < 4.78 is 51.0. The van der Waals surface area contributed by atoms with Crippen LogP contribution in [0.2, 0.25) is 0 Å². The van der Waals surface area contributed by atoms with Crippen molar-refractivity contribution in [2.75, 3.05) is 20.2 Å². The fourth-order valence-corrected chi connectivity index (χ4v) is 4.55. The summed E-state index contributed by atoms with van der Waals surface area (Å²) in [6.45, 7) is -2.75. The summed E-state index contributed by atoms with van der Waals surface area (Å²) >= 11 is 0. The first-order valence-electron chi connectivity index (χ1n) is 11.8. The topological polar surface area (TPSA) is 284 Å². The molecule has 1 aromatic heterocycles. The Hall–Kier alpha value is 1.27. The van der Waals surface area contributed by atoms with Crippen molar-refractivity contribution >= 4 is 26.6 Å². The van der Waals surface area contributed by atoms with E-state index in [1.54, 1.807) is 0 Å². The van der Waals surface area contributed by atoms with Gasteiger partial charge in [-0.15, -0.1) is 0 Å². The molecular weight excluding hydrogens is 702 g/mol. The number of fused-ring (bicyclic) bond motifs is 1. The fraction of sp³-hybridized carbons (Fsp3) is 0.348. The van der Waals surface area contributed by atoms with Crippen LogP contribution in [0.3, 0.4) is 0 Å². The number of phosphoric acid groups is 2. The molecule has 0 saturated carbocycles. The predicted octanol–water partition coefficient (Wildman–Crippen LogP) is -14.6. The van der Waals surface area contributed by atoms with Gasteiger partial charge in [0.15, 0.2) is 13.6 Å². The molecule has 1 fully saturated rings. The minimum absolute atomic E-state index is 0. The van der Waals surface area contributed by atoms with Crippen LogP contribution in [0.1, 0.15) is 11.7 Å². The molecule has 2 aromatic carbocycles. The minimum atomic E-state index is -5.45. The smallest absolute Gasteiger partial charge is 0.790 e. The molecule has 0 amide bonds. The van der Waals surface area contributed by atoms with Crippen LogP contribution in [0.5, 0.6) is 11.5 Å². The van der Waals surface area contributed by atoms with Gasteiger partial charge in [0.1, 0.15) is 53.9 Å². The monoisotopic (exact) mass is 724 g/mol. The van der Waals surface area contributed by atoms with E-state index in [2.05, 4.69) is 9.05 Å². The van der Waals surface area contributed by atoms with Gasteiger partial charge in [-0.05, 0) is 29.8 Å². The third kappa shape index (κ3) is 12.2. The third-order valence-corrected chi connectivity index (χ3v) is 6.99. The summed E-state index contributed by atoms with van der Waals surface area (Å²) in [6.07, 6.45) is -7.36. The molecule has 2 heterocycles. The molecule has 0 unspecified atom stereocenters. The Balaban J connectivity index is 0.00000506. The van der Waals surface area contributed by atoms with Crippen LogP contribution < -0.4 is 153 Å². The van der Waals surface area contributed by atoms with Crippen molar-refractivity contribution in [3.05, 3.63) is 58.4 Å². The summed E-state index contributed by atoms with van der Waals surface area (Å²) in [4.78, 5) is 56.3. The normalized spacial score (nSPS) is 21.2. The van der Waals surface area contributed by atoms with Crippen LogP contribution in [-0.4, -0.2) is 65.0 Å². The molecule has 23 heteroatoms. The van der Waals surface area contributed by atoms with Gasteiger partial charge < -0.3 is 76.8 Å². The molecule has 230 valence electrons. The first-order valence-corrected chi connectivity index (χ1v) is 14.7. The number of phosphoric ester groups is 2. The number of benzene rings is 2. The molecule has 5 atom stereocenters. The fourth-order valence-electron chi connectivity index (χ4n) is 4.18. The first-order chi connectivity index (χ1) is 19.7. The molecular formula is C23H22Na4O17P2. The van der Waals surface area contributed by atoms with E-state index in [1.807, 2.05) is 0 Å². The van der Waals surface area contributed by atoms with Crippen LogP contribution in [0, 0.1) is 0 Å². The van der Waals surface area contributed by atoms with Crippen LogP contribution in [0.15, 0.2) is 51.9 Å². The van der Waals surface area contributed by atoms with Crippen molar-refractivity contribution in [1.29, 1.82) is 0 Å². The zero-order chi connectivity index (χ0) is 30.8. The van der Waals surface area contributed by atoms with Gasteiger partial charge >= 0.3 is 118 Å². The number of rotatable bonds is 11. The Morgan fingerprint density at radius 3 is 1.89 bits per heavy atom. The second-order valence-corrected chi connectivity index (χ2v) is 11.1. The summed E-state index contributed by atoms with van der Waals surface area (Å²) in [5, 5.41) is 40.7. The number of aliphatic hydroxyl groups is 4. The van der Waals surface area contributed by atoms with Gasteiger partial charge in [0.05, 0.1) is 38.8 Å². The van der Waals surface area contributed by atoms with Gasteiger partial charge in [0.2, 0.25) is 5.43 Å². The Bertz CT molecular complexity index is 1560. The van der Waals surface area contributed by atoms with Crippen LogP contribution in [0.4, 0.5) is 0 Å². The van der Waals surface area contributed by atoms with E-state index in [4.69, 9.17) is 18.6 Å². The zero-order valence-corrected chi connectivity index (χ0v) is 34.8. The maximum atomic E-state index is 13.5. The molecule has 46 heavy (non-hydrogen) atoms. The van der Waals surface area contributed by atoms with E-state index in [0.29, 0.717) is 5.56 Å². The van der Waals surface area contributed by atoms with E-state index in [0.717, 1.165) is 12.3 Å². The van der Waals surface area contributed by atoms with Gasteiger partial charge in [0, 0.05) is 0 Å². The Kier molecular flexibility index (Phi) is 20.9. The maximum absolute atomic E-state index is 13.5. The second kappa shape index (κ2) is 20.3. The van der Waals surface area contributed by atoms with E-state index >= 15 is 0 Å². The van der Waals surface area contributed by atoms with E-state index in [-0.39, 0.29) is 152 Å². The molecule has 0 spiro atoms. The molecule has 3 aromatic rings. The van der Waals surface area contributed by atoms with E-state index in [1.165, 1.54) is 30.3 Å². The Morgan fingerprint density at radius 1 is 0.783 bits per heavy atom. The minimum Gasteiger partial charge on any atom is -0.790 e. The summed E-state index contributed by atoms with van der Waals surface area (Å²) in [6, 6.07) is 7.91. The molecule has 4 rings (SSSR count). The quantitative estimate of drug-likeness (QED) is 0.0811. The maximum Gasteiger partial charge on any atom is 1.00 e. The van der Waals surface area contributed by atoms with Gasteiger partial charge in [0.25, 0.3) is 0 Å². The average molecular weight is 724 g/mol. The average Bonchev–Trinajstić information content (AvgIpc) is 2.91. The van der Waals surface area contributed by atoms with E-state index < -0.39 is 71.8 Å². The van der Waals surface area contributed by atoms with Crippen LogP contribution in [-0.2, 0) is 22.9 Å². The van der Waals surface area contributed by atoms with Crippen molar-refractivity contribution in [2.24, 2.45) is 0 Å². The summed E-state index contributed by atoms with van der Waals surface area (Å²) in [7, 11) is -10.7. The van der Waals surface area contributed by atoms with Crippen molar-refractivity contribution < 1.29 is 195 Å². The van der Waals surface area contributed by atoms with Crippen LogP contribution in [0.25, 0.3) is 22.1 Å². The van der Waals surface area contributed by atoms with Gasteiger partial charge in [-0.1, -0.05) is 12.1 Å². The summed E-state index contributed by atoms with van der Waals surface area (Å²) in [5.74, 6) is -0.187. The molecule has 0 aliphatic carbocycles. The molecule has 4 N–H and O–H groups in total. The number of aliphatic hydroxyl groups excluding tert-OH is 4. The molecule has 0 bridgehead atoms. The first kappa shape index (κ1) is 47.3. The van der Waals surface area contributed by atoms with E-state index in [9.17, 15) is 53.9 Å². The molecule has 1 aliphatic rings. The Labute approximate surface area is 349 Å². The van der Waals surface area contributed by atoms with Crippen molar-refractivity contribution in [3.8, 4) is 22.6 Å². The van der Waals surface area contributed by atoms with Gasteiger partial charge in [-0.2, -0.15) is 0 Å². The van der Waals surface area contributed by atoms with Crippen molar-refractivity contribution in [3.63, 3.8) is 0 Å². The van der Waals surface area contributed by atoms with Crippen LogP contribution >= 0.6 is 15.6 Å². The number of hydrogen-bond acceptors (Lipinski definition) is 17.